The first-order valence-electron chi connectivity index (χ1n) is 9.97. The number of esters is 1. The lowest BCUT2D eigenvalue weighted by Crippen LogP contribution is -2.36. The Bertz CT molecular complexity index is 886. The average molecular weight is 427 g/mol. The lowest BCUT2D eigenvalue weighted by molar-refractivity contribution is -0.144. The van der Waals surface area contributed by atoms with Gasteiger partial charge in [0.1, 0.15) is 0 Å². The zero-order chi connectivity index (χ0) is 21.5. The van der Waals surface area contributed by atoms with Gasteiger partial charge in [0.05, 0.1) is 25.0 Å². The molecule has 2 unspecified atom stereocenters. The minimum atomic E-state index is -0.497. The molecule has 1 fully saturated rings. The van der Waals surface area contributed by atoms with Crippen LogP contribution in [0.15, 0.2) is 59.5 Å². The van der Waals surface area contributed by atoms with Crippen LogP contribution in [-0.2, 0) is 19.1 Å². The molecule has 2 aromatic carbocycles. The second kappa shape index (κ2) is 10.3. The zero-order valence-electron chi connectivity index (χ0n) is 17.2. The smallest absolute Gasteiger partial charge is 0.308 e. The Morgan fingerprint density at radius 1 is 1.17 bits per heavy atom. The van der Waals surface area contributed by atoms with Crippen molar-refractivity contribution in [3.63, 3.8) is 0 Å². The Balaban J connectivity index is 1.69. The van der Waals surface area contributed by atoms with E-state index in [1.807, 2.05) is 60.9 Å². The molecule has 0 aliphatic carbocycles. The topological polar surface area (TPSA) is 75.7 Å². The highest BCUT2D eigenvalue weighted by atomic mass is 32.2. The van der Waals surface area contributed by atoms with Gasteiger partial charge in [0.25, 0.3) is 0 Å². The minimum absolute atomic E-state index is 0.0458. The second-order valence-corrected chi connectivity index (χ2v) is 7.96. The van der Waals surface area contributed by atoms with Gasteiger partial charge in [0.2, 0.25) is 11.8 Å². The van der Waals surface area contributed by atoms with Gasteiger partial charge in [-0.1, -0.05) is 30.3 Å². The first-order chi connectivity index (χ1) is 14.5. The van der Waals surface area contributed by atoms with Gasteiger partial charge in [0.15, 0.2) is 0 Å². The van der Waals surface area contributed by atoms with Crippen LogP contribution in [0.5, 0.6) is 0 Å². The maximum absolute atomic E-state index is 12.9. The standard InChI is InChI=1S/C23H26N2O4S/c1-3-29-22(27)14-20(16-7-5-4-6-8-16)24-23(28)17-13-21(26)25(15-17)18-9-11-19(30-2)12-10-18/h4-12,17,20H,3,13-15H2,1-2H3,(H,24,28). The third-order valence-electron chi connectivity index (χ3n) is 5.07. The normalized spacial score (nSPS) is 16.9. The predicted octanol–water partition coefficient (Wildman–Crippen LogP) is 3.57. The monoisotopic (exact) mass is 426 g/mol. The summed E-state index contributed by atoms with van der Waals surface area (Å²) in [6.07, 6.45) is 2.19. The molecular weight excluding hydrogens is 400 g/mol. The van der Waals surface area contributed by atoms with Crippen molar-refractivity contribution in [2.75, 3.05) is 24.3 Å². The number of rotatable bonds is 8. The van der Waals surface area contributed by atoms with Crippen LogP contribution in [0.4, 0.5) is 5.69 Å². The minimum Gasteiger partial charge on any atom is -0.466 e. The van der Waals surface area contributed by atoms with Crippen LogP contribution in [0.2, 0.25) is 0 Å². The van der Waals surface area contributed by atoms with Gasteiger partial charge in [-0.25, -0.2) is 0 Å². The van der Waals surface area contributed by atoms with Gasteiger partial charge in [-0.05, 0) is 43.0 Å². The third-order valence-corrected chi connectivity index (χ3v) is 5.82. The molecule has 158 valence electrons. The molecular formula is C23H26N2O4S. The summed E-state index contributed by atoms with van der Waals surface area (Å²) in [4.78, 5) is 40.3. The number of hydrogen-bond acceptors (Lipinski definition) is 5. The van der Waals surface area contributed by atoms with Crippen LogP contribution >= 0.6 is 11.8 Å². The fourth-order valence-corrected chi connectivity index (χ4v) is 3.92. The maximum Gasteiger partial charge on any atom is 0.308 e. The van der Waals surface area contributed by atoms with Gasteiger partial charge in [-0.15, -0.1) is 11.8 Å². The summed E-state index contributed by atoms with van der Waals surface area (Å²) in [5.74, 6) is -1.14. The summed E-state index contributed by atoms with van der Waals surface area (Å²) >= 11 is 1.63. The summed E-state index contributed by atoms with van der Waals surface area (Å²) < 4.78 is 5.06. The SMILES string of the molecule is CCOC(=O)CC(NC(=O)C1CC(=O)N(c2ccc(SC)cc2)C1)c1ccccc1. The molecule has 0 saturated carbocycles. The molecule has 1 heterocycles. The Labute approximate surface area is 181 Å². The average Bonchev–Trinajstić information content (AvgIpc) is 3.16. The first-order valence-corrected chi connectivity index (χ1v) is 11.2. The van der Waals surface area contributed by atoms with Crippen LogP contribution in [-0.4, -0.2) is 37.2 Å². The third kappa shape index (κ3) is 5.42. The summed E-state index contributed by atoms with van der Waals surface area (Å²) in [7, 11) is 0. The number of benzene rings is 2. The van der Waals surface area contributed by atoms with Crippen LogP contribution in [0, 0.1) is 5.92 Å². The lowest BCUT2D eigenvalue weighted by Gasteiger charge is -2.21. The predicted molar refractivity (Wildman–Crippen MR) is 117 cm³/mol. The molecule has 2 atom stereocenters. The zero-order valence-corrected chi connectivity index (χ0v) is 18.0. The summed E-state index contributed by atoms with van der Waals surface area (Å²) in [5, 5.41) is 2.95. The van der Waals surface area contributed by atoms with Gasteiger partial charge < -0.3 is 15.0 Å². The lowest BCUT2D eigenvalue weighted by atomic mass is 10.0. The summed E-state index contributed by atoms with van der Waals surface area (Å²) in [6.45, 7) is 2.36. The number of thioether (sulfide) groups is 1. The van der Waals surface area contributed by atoms with E-state index in [0.717, 1.165) is 16.1 Å². The number of carbonyl (C=O) groups is 3. The van der Waals surface area contributed by atoms with Crippen molar-refractivity contribution < 1.29 is 19.1 Å². The number of carbonyl (C=O) groups excluding carboxylic acids is 3. The quantitative estimate of drug-likeness (QED) is 0.516. The van der Waals surface area contributed by atoms with E-state index >= 15 is 0 Å². The summed E-state index contributed by atoms with van der Waals surface area (Å²) in [6, 6.07) is 16.6. The molecule has 0 bridgehead atoms. The molecule has 2 aromatic rings. The molecule has 1 aliphatic heterocycles. The van der Waals surface area contributed by atoms with Gasteiger partial charge in [-0.2, -0.15) is 0 Å². The van der Waals surface area contributed by atoms with E-state index in [1.165, 1.54) is 0 Å². The maximum atomic E-state index is 12.9. The Morgan fingerprint density at radius 2 is 1.87 bits per heavy atom. The molecule has 0 radical (unpaired) electrons. The number of nitrogens with zero attached hydrogens (tertiary/aromatic N) is 1. The number of ether oxygens (including phenoxy) is 1. The van der Waals surface area contributed by atoms with E-state index in [9.17, 15) is 14.4 Å². The molecule has 2 amide bonds. The molecule has 1 aliphatic rings. The highest BCUT2D eigenvalue weighted by Gasteiger charge is 2.36. The van der Waals surface area contributed by atoms with Crippen LogP contribution in [0.3, 0.4) is 0 Å². The van der Waals surface area contributed by atoms with Crippen molar-refractivity contribution in [1.82, 2.24) is 5.32 Å². The Kier molecular flexibility index (Phi) is 7.52. The van der Waals surface area contributed by atoms with E-state index in [0.29, 0.717) is 6.54 Å². The second-order valence-electron chi connectivity index (χ2n) is 7.08. The van der Waals surface area contributed by atoms with Crippen molar-refractivity contribution in [2.45, 2.75) is 30.7 Å². The van der Waals surface area contributed by atoms with Crippen molar-refractivity contribution in [3.05, 3.63) is 60.2 Å². The van der Waals surface area contributed by atoms with E-state index < -0.39 is 12.0 Å². The largest absolute Gasteiger partial charge is 0.466 e. The van der Waals surface area contributed by atoms with E-state index in [2.05, 4.69) is 5.32 Å². The molecule has 3 rings (SSSR count). The fourth-order valence-electron chi connectivity index (χ4n) is 3.51. The molecule has 1 saturated heterocycles. The number of amides is 2. The Hall–Kier alpha value is -2.80. The molecule has 7 heteroatoms. The van der Waals surface area contributed by atoms with Gasteiger partial charge >= 0.3 is 5.97 Å². The van der Waals surface area contributed by atoms with Crippen molar-refractivity contribution >= 4 is 35.2 Å². The van der Waals surface area contributed by atoms with E-state index in [1.54, 1.807) is 23.6 Å². The van der Waals surface area contributed by atoms with Crippen molar-refractivity contribution in [2.24, 2.45) is 5.92 Å². The molecule has 30 heavy (non-hydrogen) atoms. The molecule has 0 spiro atoms. The molecule has 6 nitrogen and oxygen atoms in total. The fraction of sp³-hybridized carbons (Fsp3) is 0.348. The first kappa shape index (κ1) is 21.9. The number of anilines is 1. The van der Waals surface area contributed by atoms with Crippen LogP contribution in [0.1, 0.15) is 31.4 Å². The van der Waals surface area contributed by atoms with Crippen LogP contribution < -0.4 is 10.2 Å². The van der Waals surface area contributed by atoms with E-state index in [-0.39, 0.29) is 37.2 Å². The van der Waals surface area contributed by atoms with Crippen molar-refractivity contribution in [1.29, 1.82) is 0 Å². The molecule has 0 aromatic heterocycles. The van der Waals surface area contributed by atoms with Gasteiger partial charge in [-0.3, -0.25) is 14.4 Å². The highest BCUT2D eigenvalue weighted by Crippen LogP contribution is 2.28. The molecule has 1 N–H and O–H groups in total. The van der Waals surface area contributed by atoms with Crippen LogP contribution in [0.25, 0.3) is 0 Å². The van der Waals surface area contributed by atoms with Crippen molar-refractivity contribution in [3.8, 4) is 0 Å². The number of nitrogens with one attached hydrogen (secondary N) is 1. The number of hydrogen-bond donors (Lipinski definition) is 1. The van der Waals surface area contributed by atoms with E-state index in [4.69, 9.17) is 4.74 Å². The summed E-state index contributed by atoms with van der Waals surface area (Å²) in [5.41, 5.74) is 1.62. The Morgan fingerprint density at radius 3 is 2.50 bits per heavy atom. The highest BCUT2D eigenvalue weighted by molar-refractivity contribution is 7.98. The van der Waals surface area contributed by atoms with Gasteiger partial charge in [0, 0.05) is 23.5 Å².